The SMILES string of the molecule is Cn1cncc1-c1nnc(N2CCN3CCC2CC3)s1. The Morgan fingerprint density at radius 3 is 2.75 bits per heavy atom. The number of piperidine rings is 1. The summed E-state index contributed by atoms with van der Waals surface area (Å²) in [4.78, 5) is 9.17. The van der Waals surface area contributed by atoms with Crippen LogP contribution >= 0.6 is 11.3 Å². The van der Waals surface area contributed by atoms with Gasteiger partial charge < -0.3 is 14.4 Å². The number of hydrogen-bond donors (Lipinski definition) is 0. The Kier molecular flexibility index (Phi) is 2.96. The normalized spacial score (nSPS) is 25.9. The lowest BCUT2D eigenvalue weighted by Crippen LogP contribution is -2.37. The highest BCUT2D eigenvalue weighted by Gasteiger charge is 2.31. The first-order chi connectivity index (χ1) is 9.81. The van der Waals surface area contributed by atoms with Crippen LogP contribution in [-0.4, -0.2) is 56.9 Å². The van der Waals surface area contributed by atoms with E-state index in [0.29, 0.717) is 6.04 Å². The third-order valence-corrected chi connectivity index (χ3v) is 5.33. The minimum Gasteiger partial charge on any atom is -0.342 e. The van der Waals surface area contributed by atoms with Crippen molar-refractivity contribution in [1.82, 2.24) is 24.6 Å². The summed E-state index contributed by atoms with van der Waals surface area (Å²) >= 11 is 1.68. The molecule has 0 N–H and O–H groups in total. The number of rotatable bonds is 2. The number of aromatic nitrogens is 4. The molecule has 0 unspecified atom stereocenters. The van der Waals surface area contributed by atoms with Crippen LogP contribution in [0.5, 0.6) is 0 Å². The number of imidazole rings is 1. The second kappa shape index (κ2) is 4.82. The maximum atomic E-state index is 4.43. The topological polar surface area (TPSA) is 50.1 Å². The standard InChI is InChI=1S/C13H18N6S/c1-17-9-14-8-11(17)12-15-16-13(20-12)19-7-6-18-4-2-10(19)3-5-18/h8-10H,2-7H2,1H3. The fraction of sp³-hybridized carbons (Fsp3) is 0.615. The van der Waals surface area contributed by atoms with Crippen molar-refractivity contribution in [3.05, 3.63) is 12.5 Å². The van der Waals surface area contributed by atoms with Crippen LogP contribution in [0.25, 0.3) is 10.7 Å². The molecule has 0 amide bonds. The summed E-state index contributed by atoms with van der Waals surface area (Å²) in [6.45, 7) is 4.69. The van der Waals surface area contributed by atoms with Crippen LogP contribution in [0.3, 0.4) is 0 Å². The van der Waals surface area contributed by atoms with Gasteiger partial charge in [-0.1, -0.05) is 11.3 Å². The molecule has 20 heavy (non-hydrogen) atoms. The molecular formula is C13H18N6S. The first-order valence-corrected chi connectivity index (χ1v) is 7.92. The summed E-state index contributed by atoms with van der Waals surface area (Å²) < 4.78 is 1.99. The van der Waals surface area contributed by atoms with Crippen molar-refractivity contribution in [2.45, 2.75) is 18.9 Å². The third-order valence-electron chi connectivity index (χ3n) is 4.35. The Bertz CT molecular complexity index is 598. The van der Waals surface area contributed by atoms with E-state index in [1.807, 2.05) is 17.8 Å². The van der Waals surface area contributed by atoms with Crippen molar-refractivity contribution in [2.24, 2.45) is 7.05 Å². The first-order valence-electron chi connectivity index (χ1n) is 7.10. The monoisotopic (exact) mass is 290 g/mol. The molecule has 2 aromatic heterocycles. The number of fused-ring (bicyclic) bond motifs is 4. The van der Waals surface area contributed by atoms with E-state index < -0.39 is 0 Å². The molecule has 3 aliphatic rings. The molecule has 5 rings (SSSR count). The van der Waals surface area contributed by atoms with E-state index in [9.17, 15) is 0 Å². The molecule has 0 aliphatic carbocycles. The zero-order chi connectivity index (χ0) is 13.5. The first kappa shape index (κ1) is 12.3. The summed E-state index contributed by atoms with van der Waals surface area (Å²) in [6, 6.07) is 0.640. The summed E-state index contributed by atoms with van der Waals surface area (Å²) in [5.41, 5.74) is 1.04. The van der Waals surface area contributed by atoms with Crippen LogP contribution in [0.2, 0.25) is 0 Å². The predicted octanol–water partition coefficient (Wildman–Crippen LogP) is 1.22. The fourth-order valence-electron chi connectivity index (χ4n) is 3.14. The van der Waals surface area contributed by atoms with Gasteiger partial charge in [-0.15, -0.1) is 10.2 Å². The highest BCUT2D eigenvalue weighted by molar-refractivity contribution is 7.18. The molecule has 0 spiro atoms. The van der Waals surface area contributed by atoms with E-state index in [2.05, 4.69) is 25.0 Å². The molecule has 3 aliphatic heterocycles. The molecule has 0 aromatic carbocycles. The smallest absolute Gasteiger partial charge is 0.208 e. The van der Waals surface area contributed by atoms with Gasteiger partial charge in [-0.05, 0) is 12.8 Å². The van der Waals surface area contributed by atoms with Gasteiger partial charge >= 0.3 is 0 Å². The quantitative estimate of drug-likeness (QED) is 0.832. The molecule has 0 atom stereocenters. The summed E-state index contributed by atoms with van der Waals surface area (Å²) in [5, 5.41) is 10.8. The lowest BCUT2D eigenvalue weighted by atomic mass is 10.1. The van der Waals surface area contributed by atoms with Gasteiger partial charge in [0.1, 0.15) is 0 Å². The van der Waals surface area contributed by atoms with Crippen LogP contribution in [0.1, 0.15) is 12.8 Å². The Morgan fingerprint density at radius 2 is 2.00 bits per heavy atom. The number of nitrogens with zero attached hydrogens (tertiary/aromatic N) is 6. The van der Waals surface area contributed by atoms with E-state index in [1.54, 1.807) is 17.7 Å². The highest BCUT2D eigenvalue weighted by Crippen LogP contribution is 2.32. The van der Waals surface area contributed by atoms with Crippen LogP contribution in [0.4, 0.5) is 5.13 Å². The van der Waals surface area contributed by atoms with E-state index >= 15 is 0 Å². The van der Waals surface area contributed by atoms with Crippen LogP contribution in [-0.2, 0) is 7.05 Å². The van der Waals surface area contributed by atoms with Crippen molar-refractivity contribution < 1.29 is 0 Å². The largest absolute Gasteiger partial charge is 0.342 e. The van der Waals surface area contributed by atoms with Gasteiger partial charge in [-0.25, -0.2) is 4.98 Å². The van der Waals surface area contributed by atoms with E-state index in [1.165, 1.54) is 25.9 Å². The van der Waals surface area contributed by atoms with Crippen molar-refractivity contribution >= 4 is 16.5 Å². The van der Waals surface area contributed by atoms with Gasteiger partial charge in [0.2, 0.25) is 5.13 Å². The summed E-state index contributed by atoms with van der Waals surface area (Å²) in [6.07, 6.45) is 6.16. The molecule has 2 aromatic rings. The van der Waals surface area contributed by atoms with E-state index in [0.717, 1.165) is 28.9 Å². The van der Waals surface area contributed by atoms with Crippen LogP contribution in [0.15, 0.2) is 12.5 Å². The van der Waals surface area contributed by atoms with Crippen molar-refractivity contribution in [1.29, 1.82) is 0 Å². The molecular weight excluding hydrogens is 272 g/mol. The Balaban J connectivity index is 1.63. The maximum absolute atomic E-state index is 4.43. The maximum Gasteiger partial charge on any atom is 0.208 e. The van der Waals surface area contributed by atoms with Gasteiger partial charge in [0.15, 0.2) is 5.01 Å². The minimum atomic E-state index is 0.640. The lowest BCUT2D eigenvalue weighted by Gasteiger charge is -2.30. The van der Waals surface area contributed by atoms with Gasteiger partial charge in [-0.2, -0.15) is 0 Å². The molecule has 3 saturated heterocycles. The Labute approximate surface area is 122 Å². The second-order valence-electron chi connectivity index (χ2n) is 5.55. The van der Waals surface area contributed by atoms with Gasteiger partial charge in [0.05, 0.1) is 18.2 Å². The molecule has 3 fully saturated rings. The van der Waals surface area contributed by atoms with Crippen molar-refractivity contribution in [2.75, 3.05) is 31.1 Å². The molecule has 7 heteroatoms. The molecule has 0 saturated carbocycles. The summed E-state index contributed by atoms with van der Waals surface area (Å²) in [7, 11) is 1.99. The second-order valence-corrected chi connectivity index (χ2v) is 6.50. The Hall–Kier alpha value is -1.47. The highest BCUT2D eigenvalue weighted by atomic mass is 32.1. The van der Waals surface area contributed by atoms with Crippen molar-refractivity contribution in [3.63, 3.8) is 0 Å². The van der Waals surface area contributed by atoms with E-state index in [-0.39, 0.29) is 0 Å². The third kappa shape index (κ3) is 2.01. The van der Waals surface area contributed by atoms with Crippen LogP contribution in [0, 0.1) is 0 Å². The van der Waals surface area contributed by atoms with Gasteiger partial charge in [-0.3, -0.25) is 0 Å². The van der Waals surface area contributed by atoms with Crippen molar-refractivity contribution in [3.8, 4) is 10.7 Å². The Morgan fingerprint density at radius 1 is 1.15 bits per heavy atom. The molecule has 0 radical (unpaired) electrons. The average molecular weight is 290 g/mol. The van der Waals surface area contributed by atoms with Gasteiger partial charge in [0.25, 0.3) is 0 Å². The minimum absolute atomic E-state index is 0.640. The summed E-state index contributed by atoms with van der Waals surface area (Å²) in [5.74, 6) is 0. The van der Waals surface area contributed by atoms with E-state index in [4.69, 9.17) is 0 Å². The molecule has 106 valence electrons. The number of anilines is 1. The molecule has 5 heterocycles. The predicted molar refractivity (Wildman–Crippen MR) is 78.9 cm³/mol. The average Bonchev–Trinajstić information content (AvgIpc) is 3.00. The number of hydrogen-bond acceptors (Lipinski definition) is 6. The molecule has 6 nitrogen and oxygen atoms in total. The lowest BCUT2D eigenvalue weighted by molar-refractivity contribution is 0.250. The fourth-order valence-corrected chi connectivity index (χ4v) is 4.13. The zero-order valence-electron chi connectivity index (χ0n) is 11.6. The van der Waals surface area contributed by atoms with Gasteiger partial charge in [0, 0.05) is 39.3 Å². The zero-order valence-corrected chi connectivity index (χ0v) is 12.4. The van der Waals surface area contributed by atoms with Crippen LogP contribution < -0.4 is 4.90 Å². The number of aryl methyl sites for hydroxylation is 1. The molecule has 2 bridgehead atoms.